The van der Waals surface area contributed by atoms with Crippen LogP contribution in [0.4, 0.5) is 11.4 Å². The van der Waals surface area contributed by atoms with E-state index in [0.717, 1.165) is 77.6 Å². The first-order valence-electron chi connectivity index (χ1n) is 24.5. The minimum atomic E-state index is -0.970. The molecule has 1 aliphatic heterocycles. The molecule has 0 saturated carbocycles. The molecular formula is C58H55N13O2. The number of likely N-dealkylation sites (tertiary alicyclic amines) is 1. The predicted octanol–water partition coefficient (Wildman–Crippen LogP) is 9.47. The largest absolute Gasteiger partial charge is 0.376 e. The van der Waals surface area contributed by atoms with E-state index in [0.29, 0.717) is 37.0 Å². The fourth-order valence-corrected chi connectivity index (χ4v) is 10.5. The van der Waals surface area contributed by atoms with Crippen LogP contribution in [0.15, 0.2) is 172 Å². The molecule has 15 heteroatoms. The van der Waals surface area contributed by atoms with Crippen LogP contribution in [0.2, 0.25) is 0 Å². The first kappa shape index (κ1) is 46.6. The molecule has 364 valence electrons. The summed E-state index contributed by atoms with van der Waals surface area (Å²) in [5, 5.41) is 8.27. The predicted molar refractivity (Wildman–Crippen MR) is 288 cm³/mol. The molecule has 3 unspecified atom stereocenters. The van der Waals surface area contributed by atoms with Crippen LogP contribution in [-0.4, -0.2) is 93.9 Å². The van der Waals surface area contributed by atoms with Crippen LogP contribution in [0.5, 0.6) is 0 Å². The number of hydrazine groups is 1. The van der Waals surface area contributed by atoms with Crippen molar-refractivity contribution < 1.29 is 9.59 Å². The number of benzene rings is 4. The summed E-state index contributed by atoms with van der Waals surface area (Å²) < 4.78 is 4.22. The Labute approximate surface area is 422 Å². The number of likely N-dealkylation sites (N-methyl/N-ethyl adjacent to an activating group) is 1. The second-order valence-electron chi connectivity index (χ2n) is 19.0. The molecule has 4 aromatic carbocycles. The Kier molecular flexibility index (Phi) is 12.6. The quantitative estimate of drug-likeness (QED) is 0.0791. The van der Waals surface area contributed by atoms with Crippen LogP contribution >= 0.6 is 0 Å². The molecular weight excluding hydrogens is 911 g/mol. The maximum atomic E-state index is 15.4. The van der Waals surface area contributed by atoms with E-state index in [4.69, 9.17) is 19.9 Å². The molecule has 0 spiro atoms. The molecule has 0 aliphatic carbocycles. The zero-order chi connectivity index (χ0) is 50.2. The molecule has 0 radical (unpaired) electrons. The van der Waals surface area contributed by atoms with E-state index in [1.54, 1.807) is 62.4 Å². The number of aryl methyl sites for hydroxylation is 2. The number of piperidine rings is 1. The van der Waals surface area contributed by atoms with Gasteiger partial charge in [0.1, 0.15) is 6.04 Å². The molecule has 10 aromatic rings. The van der Waals surface area contributed by atoms with Gasteiger partial charge in [-0.1, -0.05) is 43.0 Å². The average Bonchev–Trinajstić information content (AvgIpc) is 4.00. The molecule has 7 heterocycles. The maximum absolute atomic E-state index is 15.4. The summed E-state index contributed by atoms with van der Waals surface area (Å²) in [6.45, 7) is 4.85. The molecule has 1 aliphatic rings. The van der Waals surface area contributed by atoms with Crippen molar-refractivity contribution in [3.05, 3.63) is 183 Å². The molecule has 0 bridgehead atoms. The molecule has 1 fully saturated rings. The number of hydrogen-bond donors (Lipinski definition) is 2. The van der Waals surface area contributed by atoms with E-state index >= 15 is 4.79 Å². The summed E-state index contributed by atoms with van der Waals surface area (Å²) in [6.07, 6.45) is 20.9. The van der Waals surface area contributed by atoms with Crippen LogP contribution in [0.25, 0.3) is 66.1 Å². The number of anilines is 2. The van der Waals surface area contributed by atoms with Crippen molar-refractivity contribution in [1.82, 2.24) is 54.3 Å². The van der Waals surface area contributed by atoms with Crippen LogP contribution < -0.4 is 15.8 Å². The highest BCUT2D eigenvalue weighted by Crippen LogP contribution is 2.42. The Balaban J connectivity index is 1.10. The van der Waals surface area contributed by atoms with Gasteiger partial charge in [0, 0.05) is 131 Å². The Hall–Kier alpha value is -8.82. The van der Waals surface area contributed by atoms with Crippen molar-refractivity contribution in [3.63, 3.8) is 0 Å². The molecule has 11 rings (SSSR count). The second-order valence-corrected chi connectivity index (χ2v) is 19.0. The Morgan fingerprint density at radius 1 is 0.685 bits per heavy atom. The van der Waals surface area contributed by atoms with Gasteiger partial charge >= 0.3 is 0 Å². The van der Waals surface area contributed by atoms with Gasteiger partial charge in [-0.15, -0.1) is 0 Å². The zero-order valence-electron chi connectivity index (χ0n) is 41.2. The van der Waals surface area contributed by atoms with Gasteiger partial charge < -0.3 is 24.3 Å². The molecule has 73 heavy (non-hydrogen) atoms. The molecule has 15 nitrogen and oxygen atoms in total. The molecule has 6 aromatic heterocycles. The Morgan fingerprint density at radius 3 is 1.84 bits per heavy atom. The van der Waals surface area contributed by atoms with E-state index in [9.17, 15) is 4.79 Å². The standard InChI is InChI=1S/C58H55N13O2/c1-6-52(72)70-27-17-39(18-28-70)57(43-10-8-20-60-36-43)71(45-33-47(55-49(34-45)62-22-24-64-55)41-14-12-38-16-26-69(5)51(38)30-41)66-56(58(73)67(2)3)53(42-9-7-19-59-35-42)65-44-31-46(54-48(32-44)61-21-23-63-54)40-13-11-37-15-25-68(4)50(37)29-40/h6-16,19-26,29-36,39,53,56-57,65-66H,1,17-18,27-28H2,2-5H3. The summed E-state index contributed by atoms with van der Waals surface area (Å²) in [4.78, 5) is 60.7. The zero-order valence-corrected chi connectivity index (χ0v) is 41.2. The second kappa shape index (κ2) is 19.8. The first-order chi connectivity index (χ1) is 35.6. The fourth-order valence-electron chi connectivity index (χ4n) is 10.5. The van der Waals surface area contributed by atoms with Gasteiger partial charge in [-0.2, -0.15) is 0 Å². The van der Waals surface area contributed by atoms with E-state index < -0.39 is 18.1 Å². The van der Waals surface area contributed by atoms with Gasteiger partial charge in [0.15, 0.2) is 0 Å². The van der Waals surface area contributed by atoms with E-state index in [1.165, 1.54) is 6.08 Å². The highest BCUT2D eigenvalue weighted by Gasteiger charge is 2.39. The van der Waals surface area contributed by atoms with Crippen LogP contribution in [0.3, 0.4) is 0 Å². The lowest BCUT2D eigenvalue weighted by atomic mass is 9.84. The number of nitrogens with zero attached hydrogens (tertiary/aromatic N) is 11. The number of pyridine rings is 2. The number of fused-ring (bicyclic) bond motifs is 4. The Bertz CT molecular complexity index is 3660. The number of amides is 2. The van der Waals surface area contributed by atoms with Crippen LogP contribution in [0.1, 0.15) is 36.1 Å². The number of aromatic nitrogens is 8. The number of nitrogens with one attached hydrogen (secondary N) is 2. The van der Waals surface area contributed by atoms with E-state index in [1.807, 2.05) is 55.5 Å². The highest BCUT2D eigenvalue weighted by molar-refractivity contribution is 5.99. The summed E-state index contributed by atoms with van der Waals surface area (Å²) in [5.41, 5.74) is 15.9. The van der Waals surface area contributed by atoms with Gasteiger partial charge in [-0.05, 0) is 119 Å². The minimum absolute atomic E-state index is 0.0191. The number of carbonyl (C=O) groups excluding carboxylic acids is 2. The van der Waals surface area contributed by atoms with Gasteiger partial charge in [0.05, 0.1) is 39.8 Å². The molecule has 3 atom stereocenters. The SMILES string of the molecule is C=CC(=O)N1CCC(C(c2cccnc2)N(NC(C(=O)N(C)C)C(Nc2cc(-c3ccc4ccn(C)c4c3)c3nccnc3c2)c2cccnc2)c2cc(-c3ccc4ccn(C)c4c3)c3nccnc3c2)CC1. The highest BCUT2D eigenvalue weighted by atomic mass is 16.2. The van der Waals surface area contributed by atoms with Crippen molar-refractivity contribution in [2.24, 2.45) is 20.0 Å². The number of hydrogen-bond acceptors (Lipinski definition) is 11. The topological polar surface area (TPSA) is 155 Å². The lowest BCUT2D eigenvalue weighted by Gasteiger charge is -2.45. The van der Waals surface area contributed by atoms with Crippen molar-refractivity contribution >= 4 is 67.1 Å². The minimum Gasteiger partial charge on any atom is -0.376 e. The monoisotopic (exact) mass is 965 g/mol. The lowest BCUT2D eigenvalue weighted by Crippen LogP contribution is -2.58. The molecule has 1 saturated heterocycles. The summed E-state index contributed by atoms with van der Waals surface area (Å²) in [7, 11) is 7.64. The van der Waals surface area contributed by atoms with Crippen molar-refractivity contribution in [3.8, 4) is 22.3 Å². The summed E-state index contributed by atoms with van der Waals surface area (Å²) in [6, 6.07) is 31.2. The third-order valence-electron chi connectivity index (χ3n) is 14.3. The van der Waals surface area contributed by atoms with E-state index in [2.05, 4.69) is 121 Å². The fraction of sp³-hybridized carbons (Fsp3) is 0.207. The first-order valence-corrected chi connectivity index (χ1v) is 24.5. The third-order valence-corrected chi connectivity index (χ3v) is 14.3. The van der Waals surface area contributed by atoms with Crippen LogP contribution in [-0.2, 0) is 23.7 Å². The van der Waals surface area contributed by atoms with Crippen molar-refractivity contribution in [2.45, 2.75) is 31.0 Å². The van der Waals surface area contributed by atoms with E-state index in [-0.39, 0.29) is 17.7 Å². The average molecular weight is 966 g/mol. The Morgan fingerprint density at radius 2 is 1.26 bits per heavy atom. The number of rotatable bonds is 14. The molecule has 2 N–H and O–H groups in total. The maximum Gasteiger partial charge on any atom is 0.245 e. The van der Waals surface area contributed by atoms with Gasteiger partial charge in [0.2, 0.25) is 11.8 Å². The smallest absolute Gasteiger partial charge is 0.245 e. The lowest BCUT2D eigenvalue weighted by molar-refractivity contribution is -0.131. The number of carbonyl (C=O) groups is 2. The third kappa shape index (κ3) is 9.10. The summed E-state index contributed by atoms with van der Waals surface area (Å²) in [5.74, 6) is -0.299. The van der Waals surface area contributed by atoms with Crippen LogP contribution in [0, 0.1) is 5.92 Å². The van der Waals surface area contributed by atoms with Crippen molar-refractivity contribution in [1.29, 1.82) is 0 Å². The van der Waals surface area contributed by atoms with Gasteiger partial charge in [-0.3, -0.25) is 44.5 Å². The molecule has 2 amide bonds. The van der Waals surface area contributed by atoms with Gasteiger partial charge in [0.25, 0.3) is 0 Å². The summed E-state index contributed by atoms with van der Waals surface area (Å²) >= 11 is 0. The van der Waals surface area contributed by atoms with Gasteiger partial charge in [-0.25, -0.2) is 5.43 Å². The van der Waals surface area contributed by atoms with Crippen molar-refractivity contribution in [2.75, 3.05) is 37.5 Å². The normalized spacial score (nSPS) is 14.3.